The summed E-state index contributed by atoms with van der Waals surface area (Å²) in [5.41, 5.74) is 3.57. The molecule has 0 spiro atoms. The minimum Gasteiger partial charge on any atom is -0.480 e. The summed E-state index contributed by atoms with van der Waals surface area (Å²) >= 11 is 0. The van der Waals surface area contributed by atoms with Gasteiger partial charge in [-0.2, -0.15) is 0 Å². The predicted octanol–water partition coefficient (Wildman–Crippen LogP) is 3.80. The van der Waals surface area contributed by atoms with Crippen LogP contribution in [0.5, 0.6) is 0 Å². The lowest BCUT2D eigenvalue weighted by Crippen LogP contribution is -2.48. The van der Waals surface area contributed by atoms with E-state index in [1.807, 2.05) is 48.5 Å². The van der Waals surface area contributed by atoms with Crippen LogP contribution in [0.25, 0.3) is 11.1 Å². The summed E-state index contributed by atoms with van der Waals surface area (Å²) in [6, 6.07) is 13.1. The van der Waals surface area contributed by atoms with Gasteiger partial charge in [0.15, 0.2) is 0 Å². The topological polar surface area (TPSA) is 151 Å². The zero-order valence-corrected chi connectivity index (χ0v) is 23.3. The van der Waals surface area contributed by atoms with E-state index in [4.69, 9.17) is 9.47 Å². The van der Waals surface area contributed by atoms with E-state index in [0.717, 1.165) is 22.3 Å². The molecule has 41 heavy (non-hydrogen) atoms. The normalized spacial score (nSPS) is 17.0. The summed E-state index contributed by atoms with van der Waals surface area (Å²) in [4.78, 5) is 62.7. The number of carbonyl (C=O) groups excluding carboxylic acids is 4. The molecule has 11 nitrogen and oxygen atoms in total. The van der Waals surface area contributed by atoms with Crippen molar-refractivity contribution in [1.29, 1.82) is 0 Å². The highest BCUT2D eigenvalue weighted by atomic mass is 16.6. The van der Waals surface area contributed by atoms with Crippen molar-refractivity contribution in [3.8, 4) is 11.1 Å². The molecule has 11 heteroatoms. The summed E-state index contributed by atoms with van der Waals surface area (Å²) < 4.78 is 10.6. The molecule has 0 unspecified atom stereocenters. The maximum atomic E-state index is 13.0. The van der Waals surface area contributed by atoms with Gasteiger partial charge in [0, 0.05) is 12.5 Å². The molecule has 1 fully saturated rings. The van der Waals surface area contributed by atoms with Crippen molar-refractivity contribution in [2.45, 2.75) is 70.1 Å². The van der Waals surface area contributed by atoms with Crippen molar-refractivity contribution >= 4 is 30.0 Å². The molecule has 0 radical (unpaired) electrons. The Morgan fingerprint density at radius 3 is 2.17 bits per heavy atom. The number of carboxylic acids is 1. The standard InChI is InChI=1S/C30H35N3O8/c1-30(2,3)41-28(38)31-15-9-8-14-24(27(36)37)33-25(34)16-23(26(33)35)32-29(39)40-17-22-20-12-6-4-10-18(20)19-11-5-7-13-21(19)22/h4-7,10-13,22-24H,8-9,14-17H2,1-3H3,(H,31,38)(H,32,39)(H,36,37)/t23-,24+/m1/s1. The third kappa shape index (κ3) is 7.03. The van der Waals surface area contributed by atoms with E-state index < -0.39 is 47.7 Å². The van der Waals surface area contributed by atoms with Crippen molar-refractivity contribution in [2.75, 3.05) is 13.2 Å². The van der Waals surface area contributed by atoms with Gasteiger partial charge in [0.25, 0.3) is 5.91 Å². The zero-order chi connectivity index (χ0) is 29.7. The molecule has 4 amide bonds. The number of hydrogen-bond donors (Lipinski definition) is 3. The molecule has 2 atom stereocenters. The van der Waals surface area contributed by atoms with Crippen LogP contribution >= 0.6 is 0 Å². The van der Waals surface area contributed by atoms with Crippen molar-refractivity contribution < 1.29 is 38.6 Å². The second kappa shape index (κ2) is 12.4. The van der Waals surface area contributed by atoms with E-state index in [1.54, 1.807) is 20.8 Å². The smallest absolute Gasteiger partial charge is 0.407 e. The molecule has 1 aliphatic heterocycles. The third-order valence-electron chi connectivity index (χ3n) is 6.99. The Kier molecular flexibility index (Phi) is 8.95. The zero-order valence-electron chi connectivity index (χ0n) is 23.3. The monoisotopic (exact) mass is 565 g/mol. The lowest BCUT2D eigenvalue weighted by molar-refractivity contribution is -0.154. The lowest BCUT2D eigenvalue weighted by atomic mass is 9.98. The first-order valence-electron chi connectivity index (χ1n) is 13.6. The van der Waals surface area contributed by atoms with Crippen molar-refractivity contribution in [2.24, 2.45) is 0 Å². The number of carbonyl (C=O) groups is 5. The summed E-state index contributed by atoms with van der Waals surface area (Å²) in [7, 11) is 0. The summed E-state index contributed by atoms with van der Waals surface area (Å²) in [5, 5.41) is 14.7. The molecule has 0 aromatic heterocycles. The quantitative estimate of drug-likeness (QED) is 0.291. The maximum absolute atomic E-state index is 13.0. The second-order valence-electron chi connectivity index (χ2n) is 11.1. The largest absolute Gasteiger partial charge is 0.480 e. The molecule has 4 rings (SSSR count). The number of likely N-dealkylation sites (tertiary alicyclic amines) is 1. The predicted molar refractivity (Wildman–Crippen MR) is 148 cm³/mol. The fraction of sp³-hybridized carbons (Fsp3) is 0.433. The van der Waals surface area contributed by atoms with Gasteiger partial charge in [0.2, 0.25) is 5.91 Å². The highest BCUT2D eigenvalue weighted by Gasteiger charge is 2.45. The summed E-state index contributed by atoms with van der Waals surface area (Å²) in [5.74, 6) is -2.97. The van der Waals surface area contributed by atoms with E-state index in [-0.39, 0.29) is 31.9 Å². The maximum Gasteiger partial charge on any atom is 0.407 e. The first kappa shape index (κ1) is 29.6. The highest BCUT2D eigenvalue weighted by Crippen LogP contribution is 2.44. The molecular weight excluding hydrogens is 530 g/mol. The number of imide groups is 1. The van der Waals surface area contributed by atoms with Crippen LogP contribution in [0.15, 0.2) is 48.5 Å². The van der Waals surface area contributed by atoms with Gasteiger partial charge in [-0.15, -0.1) is 0 Å². The number of hydrogen-bond acceptors (Lipinski definition) is 7. The van der Waals surface area contributed by atoms with E-state index in [9.17, 15) is 29.1 Å². The van der Waals surface area contributed by atoms with Gasteiger partial charge in [-0.25, -0.2) is 14.4 Å². The second-order valence-corrected chi connectivity index (χ2v) is 11.1. The average Bonchev–Trinajstić information content (AvgIpc) is 3.37. The molecule has 3 N–H and O–H groups in total. The number of nitrogens with one attached hydrogen (secondary N) is 2. The van der Waals surface area contributed by atoms with Crippen LogP contribution in [-0.2, 0) is 23.9 Å². The van der Waals surface area contributed by atoms with E-state index in [2.05, 4.69) is 10.6 Å². The van der Waals surface area contributed by atoms with Crippen LogP contribution in [0.3, 0.4) is 0 Å². The van der Waals surface area contributed by atoms with Crippen molar-refractivity contribution in [3.63, 3.8) is 0 Å². The number of fused-ring (bicyclic) bond motifs is 3. The number of ether oxygens (including phenoxy) is 2. The Bertz CT molecular complexity index is 1290. The van der Waals surface area contributed by atoms with Gasteiger partial charge in [-0.1, -0.05) is 48.5 Å². The molecule has 218 valence electrons. The van der Waals surface area contributed by atoms with Gasteiger partial charge >= 0.3 is 18.2 Å². The number of carboxylic acid groups (broad SMARTS) is 1. The van der Waals surface area contributed by atoms with Gasteiger partial charge < -0.3 is 25.2 Å². The number of alkyl carbamates (subject to hydrolysis) is 2. The number of aliphatic carboxylic acids is 1. The van der Waals surface area contributed by atoms with Crippen LogP contribution in [0.4, 0.5) is 9.59 Å². The molecule has 1 saturated heterocycles. The molecule has 0 bridgehead atoms. The van der Waals surface area contributed by atoms with Gasteiger partial charge in [0.1, 0.15) is 24.3 Å². The minimum absolute atomic E-state index is 0.000472. The van der Waals surface area contributed by atoms with Gasteiger partial charge in [-0.3, -0.25) is 14.5 Å². The van der Waals surface area contributed by atoms with E-state index >= 15 is 0 Å². The highest BCUT2D eigenvalue weighted by molar-refractivity contribution is 6.09. The van der Waals surface area contributed by atoms with Crippen LogP contribution in [0.2, 0.25) is 0 Å². The van der Waals surface area contributed by atoms with Gasteiger partial charge in [0.05, 0.1) is 6.42 Å². The van der Waals surface area contributed by atoms with Gasteiger partial charge in [-0.05, 0) is 62.3 Å². The fourth-order valence-corrected chi connectivity index (χ4v) is 5.20. The molecule has 2 aromatic rings. The Morgan fingerprint density at radius 2 is 1.59 bits per heavy atom. The van der Waals surface area contributed by atoms with Crippen LogP contribution in [0, 0.1) is 0 Å². The Hall–Kier alpha value is -4.41. The fourth-order valence-electron chi connectivity index (χ4n) is 5.20. The van der Waals surface area contributed by atoms with E-state index in [1.165, 1.54) is 0 Å². The first-order valence-corrected chi connectivity index (χ1v) is 13.6. The molecule has 2 aromatic carbocycles. The number of amides is 4. The number of unbranched alkanes of at least 4 members (excludes halogenated alkanes) is 1. The number of benzene rings is 2. The summed E-state index contributed by atoms with van der Waals surface area (Å²) in [6.07, 6.45) is -1.05. The third-order valence-corrected chi connectivity index (χ3v) is 6.99. The molecule has 1 aliphatic carbocycles. The molecule has 1 heterocycles. The average molecular weight is 566 g/mol. The Labute approximate surface area is 238 Å². The minimum atomic E-state index is -1.38. The Morgan fingerprint density at radius 1 is 0.976 bits per heavy atom. The lowest BCUT2D eigenvalue weighted by Gasteiger charge is -2.23. The molecule has 2 aliphatic rings. The number of rotatable bonds is 10. The SMILES string of the molecule is CC(C)(C)OC(=O)NCCCC[C@@H](C(=O)O)N1C(=O)C[C@@H](NC(=O)OCC2c3ccccc3-c3ccccc32)C1=O. The molecular formula is C30H35N3O8. The van der Waals surface area contributed by atoms with Crippen molar-refractivity contribution in [1.82, 2.24) is 15.5 Å². The summed E-state index contributed by atoms with van der Waals surface area (Å²) in [6.45, 7) is 5.50. The van der Waals surface area contributed by atoms with Crippen LogP contribution < -0.4 is 10.6 Å². The Balaban J connectivity index is 1.28. The molecule has 0 saturated carbocycles. The first-order chi connectivity index (χ1) is 19.5. The van der Waals surface area contributed by atoms with Crippen LogP contribution in [-0.4, -0.2) is 70.8 Å². The number of nitrogens with zero attached hydrogens (tertiary/aromatic N) is 1. The van der Waals surface area contributed by atoms with E-state index in [0.29, 0.717) is 17.7 Å². The van der Waals surface area contributed by atoms with Crippen molar-refractivity contribution in [3.05, 3.63) is 59.7 Å². The van der Waals surface area contributed by atoms with Crippen LogP contribution in [0.1, 0.15) is 63.5 Å².